The van der Waals surface area contributed by atoms with Gasteiger partial charge in [0.05, 0.1) is 35.0 Å². The molecule has 9 rings (SSSR count). The molecule has 2 atom stereocenters. The van der Waals surface area contributed by atoms with Crippen molar-refractivity contribution in [2.45, 2.75) is 109 Å². The van der Waals surface area contributed by atoms with Gasteiger partial charge < -0.3 is 29.6 Å². The third-order valence-corrected chi connectivity index (χ3v) is 14.2. The lowest BCUT2D eigenvalue weighted by Gasteiger charge is -2.51. The predicted octanol–water partition coefficient (Wildman–Crippen LogP) is 5.33. The first-order chi connectivity index (χ1) is 31.6. The number of piperidine rings is 3. The van der Waals surface area contributed by atoms with E-state index in [1.807, 2.05) is 44.2 Å². The quantitative estimate of drug-likeness (QED) is 0.155. The van der Waals surface area contributed by atoms with Crippen LogP contribution in [-0.4, -0.2) is 118 Å². The largest absolute Gasteiger partial charge is 0.478 e. The molecule has 0 radical (unpaired) electrons. The maximum atomic E-state index is 13.5. The predicted molar refractivity (Wildman–Crippen MR) is 247 cm³/mol. The normalized spacial score (nSPS) is 23.5. The summed E-state index contributed by atoms with van der Waals surface area (Å²) in [6.07, 6.45) is 6.74. The van der Waals surface area contributed by atoms with Crippen molar-refractivity contribution in [2.24, 2.45) is 5.41 Å². The van der Waals surface area contributed by atoms with E-state index in [4.69, 9.17) is 26.1 Å². The molecule has 4 aromatic rings. The Labute approximate surface area is 387 Å². The van der Waals surface area contributed by atoms with Crippen LogP contribution in [0.4, 0.5) is 17.5 Å². The molecular formula is C48H56ClN9O8. The Morgan fingerprint density at radius 3 is 2.41 bits per heavy atom. The van der Waals surface area contributed by atoms with Crippen LogP contribution in [0.5, 0.6) is 5.75 Å². The highest BCUT2D eigenvalue weighted by atomic mass is 35.5. The number of rotatable bonds is 12. The van der Waals surface area contributed by atoms with Crippen LogP contribution in [-0.2, 0) is 19.1 Å². The smallest absolute Gasteiger partial charge is 0.293 e. The zero-order chi connectivity index (χ0) is 46.6. The molecule has 66 heavy (non-hydrogen) atoms. The lowest BCUT2D eigenvalue weighted by Crippen LogP contribution is -2.55. The molecule has 4 fully saturated rings. The van der Waals surface area contributed by atoms with E-state index in [0.717, 1.165) is 79.6 Å². The number of amides is 5. The summed E-state index contributed by atoms with van der Waals surface area (Å²) in [6.45, 7) is 11.4. The summed E-state index contributed by atoms with van der Waals surface area (Å²) >= 11 is 6.61. The van der Waals surface area contributed by atoms with Crippen LogP contribution >= 0.6 is 11.6 Å². The van der Waals surface area contributed by atoms with Crippen LogP contribution in [0.1, 0.15) is 111 Å². The Morgan fingerprint density at radius 1 is 0.939 bits per heavy atom. The van der Waals surface area contributed by atoms with E-state index in [0.29, 0.717) is 39.6 Å². The third kappa shape index (κ3) is 8.75. The SMILES string of the molecule is CNC(=O)COc1cc2cc(Nc3nc(N4CCC(OC5CC(N6CC[C@H](c7ccc8c(c7)C(=O)N([C@@H]7CCC(=O)NC7=O)C8=O)C(C)(C)C6)C5)CC4)ncc3Cl)ccc2n(C(C)C)c1=O. The van der Waals surface area contributed by atoms with Crippen LogP contribution in [0.2, 0.25) is 5.02 Å². The number of carbonyl (C=O) groups is 5. The lowest BCUT2D eigenvalue weighted by atomic mass is 9.69. The van der Waals surface area contributed by atoms with Gasteiger partial charge in [0, 0.05) is 56.3 Å². The second kappa shape index (κ2) is 18.1. The first kappa shape index (κ1) is 45.3. The number of hydrogen-bond acceptors (Lipinski definition) is 13. The molecule has 4 aliphatic heterocycles. The summed E-state index contributed by atoms with van der Waals surface area (Å²) < 4.78 is 13.9. The van der Waals surface area contributed by atoms with Gasteiger partial charge in [0.1, 0.15) is 11.1 Å². The number of ether oxygens (including phenoxy) is 2. The molecule has 0 bridgehead atoms. The van der Waals surface area contributed by atoms with Crippen molar-refractivity contribution in [3.8, 4) is 5.75 Å². The van der Waals surface area contributed by atoms with Gasteiger partial charge in [0.15, 0.2) is 18.2 Å². The molecule has 6 heterocycles. The van der Waals surface area contributed by atoms with E-state index in [1.165, 1.54) is 7.05 Å². The van der Waals surface area contributed by atoms with E-state index >= 15 is 0 Å². The van der Waals surface area contributed by atoms with Gasteiger partial charge in [-0.15, -0.1) is 0 Å². The highest BCUT2D eigenvalue weighted by Crippen LogP contribution is 2.46. The molecular weight excluding hydrogens is 866 g/mol. The van der Waals surface area contributed by atoms with E-state index in [-0.39, 0.29) is 66.2 Å². The molecule has 3 N–H and O–H groups in total. The summed E-state index contributed by atoms with van der Waals surface area (Å²) in [5, 5.41) is 9.21. The number of carbonyl (C=O) groups excluding carboxylic acids is 5. The van der Waals surface area contributed by atoms with Crippen molar-refractivity contribution in [3.05, 3.63) is 80.7 Å². The monoisotopic (exact) mass is 921 g/mol. The number of benzene rings is 2. The Balaban J connectivity index is 0.765. The topological polar surface area (TPSA) is 197 Å². The van der Waals surface area contributed by atoms with Gasteiger partial charge >= 0.3 is 0 Å². The van der Waals surface area contributed by atoms with E-state index < -0.39 is 29.7 Å². The van der Waals surface area contributed by atoms with Crippen molar-refractivity contribution < 1.29 is 33.4 Å². The van der Waals surface area contributed by atoms with E-state index in [9.17, 15) is 28.8 Å². The summed E-state index contributed by atoms with van der Waals surface area (Å²) in [5.41, 5.74) is 2.68. The molecule has 2 aromatic carbocycles. The second-order valence-corrected chi connectivity index (χ2v) is 19.5. The maximum absolute atomic E-state index is 13.5. The van der Waals surface area contributed by atoms with Gasteiger partial charge in [-0.3, -0.25) is 43.9 Å². The number of hydrogen-bond donors (Lipinski definition) is 3. The minimum Gasteiger partial charge on any atom is -0.478 e. The fourth-order valence-electron chi connectivity index (χ4n) is 10.4. The number of likely N-dealkylation sites (N-methyl/N-ethyl adjacent to an activating group) is 1. The highest BCUT2D eigenvalue weighted by molar-refractivity contribution is 6.33. The average molecular weight is 922 g/mol. The number of nitrogens with zero attached hydrogens (tertiary/aromatic N) is 6. The Bertz CT molecular complexity index is 2670. The number of imide groups is 2. The van der Waals surface area contributed by atoms with Gasteiger partial charge in [0.25, 0.3) is 23.3 Å². The number of nitrogens with one attached hydrogen (secondary N) is 3. The minimum atomic E-state index is -0.982. The molecule has 0 spiro atoms. The Kier molecular flexibility index (Phi) is 12.4. The molecule has 17 nitrogen and oxygen atoms in total. The lowest BCUT2D eigenvalue weighted by molar-refractivity contribution is -0.136. The standard InChI is InChI=1S/C48H56ClN9O8/c1-26(2)57-37-9-7-29(18-28(37)20-39(46(57)64)65-24-41(60)50-5)52-42-36(49)23-51-47(54-42)55-15-12-31(13-16-55)66-32-21-30(22-32)56-17-14-35(48(3,4)25-56)27-6-8-33-34(19-27)45(63)58(44(33)62)38-10-11-40(59)53-43(38)61/h6-9,18-20,23,26,30-32,35,38H,10-17,21-22,24-25H2,1-5H3,(H,50,60)(H,51,52,54)(H,53,59,61)/t30?,32?,35-,38-/m1/s1. The molecule has 0 unspecified atom stereocenters. The van der Waals surface area contributed by atoms with Gasteiger partial charge in [-0.2, -0.15) is 4.98 Å². The number of pyridine rings is 1. The second-order valence-electron chi connectivity index (χ2n) is 19.1. The van der Waals surface area contributed by atoms with Crippen LogP contribution in [0, 0.1) is 5.41 Å². The molecule has 5 aliphatic rings. The summed E-state index contributed by atoms with van der Waals surface area (Å²) in [4.78, 5) is 91.3. The summed E-state index contributed by atoms with van der Waals surface area (Å²) in [7, 11) is 1.51. The summed E-state index contributed by atoms with van der Waals surface area (Å²) in [5.74, 6) is -1.00. The molecule has 2 aromatic heterocycles. The van der Waals surface area contributed by atoms with Crippen molar-refractivity contribution >= 4 is 69.5 Å². The van der Waals surface area contributed by atoms with Crippen molar-refractivity contribution in [3.63, 3.8) is 0 Å². The maximum Gasteiger partial charge on any atom is 0.293 e. The summed E-state index contributed by atoms with van der Waals surface area (Å²) in [6, 6.07) is 12.1. The van der Waals surface area contributed by atoms with Crippen molar-refractivity contribution in [2.75, 3.05) is 50.1 Å². The molecule has 348 valence electrons. The minimum absolute atomic E-state index is 0.0862. The number of fused-ring (bicyclic) bond motifs is 2. The molecule has 5 amide bonds. The zero-order valence-corrected chi connectivity index (χ0v) is 38.7. The third-order valence-electron chi connectivity index (χ3n) is 14.0. The number of anilines is 3. The molecule has 3 saturated heterocycles. The fraction of sp³-hybridized carbons (Fsp3) is 0.500. The first-order valence-electron chi connectivity index (χ1n) is 22.9. The van der Waals surface area contributed by atoms with Crippen LogP contribution in [0.3, 0.4) is 0 Å². The number of likely N-dealkylation sites (tertiary alicyclic amines) is 1. The fourth-order valence-corrected chi connectivity index (χ4v) is 10.5. The van der Waals surface area contributed by atoms with Gasteiger partial charge in [0.2, 0.25) is 17.8 Å². The first-order valence-corrected chi connectivity index (χ1v) is 23.3. The van der Waals surface area contributed by atoms with Crippen molar-refractivity contribution in [1.82, 2.24) is 35.0 Å². The van der Waals surface area contributed by atoms with Gasteiger partial charge in [-0.05, 0) is 112 Å². The highest BCUT2D eigenvalue weighted by Gasteiger charge is 2.47. The van der Waals surface area contributed by atoms with Crippen LogP contribution < -0.4 is 31.1 Å². The Hall–Kier alpha value is -5.91. The van der Waals surface area contributed by atoms with E-state index in [2.05, 4.69) is 44.6 Å². The average Bonchev–Trinajstić information content (AvgIpc) is 3.51. The van der Waals surface area contributed by atoms with Crippen LogP contribution in [0.15, 0.2) is 53.5 Å². The van der Waals surface area contributed by atoms with Gasteiger partial charge in [-0.25, -0.2) is 4.98 Å². The molecule has 1 aliphatic carbocycles. The number of aromatic nitrogens is 3. The van der Waals surface area contributed by atoms with Crippen molar-refractivity contribution in [1.29, 1.82) is 0 Å². The van der Waals surface area contributed by atoms with E-state index in [1.54, 1.807) is 22.9 Å². The Morgan fingerprint density at radius 2 is 1.70 bits per heavy atom. The number of halogens is 1. The molecule has 1 saturated carbocycles. The molecule has 18 heteroatoms. The zero-order valence-electron chi connectivity index (χ0n) is 37.9. The van der Waals surface area contributed by atoms with Gasteiger partial charge in [-0.1, -0.05) is 31.5 Å². The van der Waals surface area contributed by atoms with Crippen LogP contribution in [0.25, 0.3) is 10.9 Å².